The fourth-order valence-corrected chi connectivity index (χ4v) is 2.97. The number of fused-ring (bicyclic) bond motifs is 1. The van der Waals surface area contributed by atoms with Gasteiger partial charge in [0.15, 0.2) is 11.5 Å². The SMILES string of the molecule is CC(c1ccsc1)c1cccn2c(CC#N)nnc12. The first kappa shape index (κ1) is 11.9. The monoisotopic (exact) mass is 268 g/mol. The third kappa shape index (κ3) is 2.00. The van der Waals surface area contributed by atoms with E-state index in [1.54, 1.807) is 11.3 Å². The molecule has 0 radical (unpaired) electrons. The van der Waals surface area contributed by atoms with Gasteiger partial charge in [0.25, 0.3) is 0 Å². The van der Waals surface area contributed by atoms with Gasteiger partial charge in [0.05, 0.1) is 12.5 Å². The summed E-state index contributed by atoms with van der Waals surface area (Å²) in [5.41, 5.74) is 3.26. The summed E-state index contributed by atoms with van der Waals surface area (Å²) < 4.78 is 1.90. The van der Waals surface area contributed by atoms with E-state index in [-0.39, 0.29) is 12.3 Å². The van der Waals surface area contributed by atoms with Crippen LogP contribution in [0.5, 0.6) is 0 Å². The zero-order valence-electron chi connectivity index (χ0n) is 10.4. The first-order chi connectivity index (χ1) is 9.31. The molecule has 1 atom stereocenters. The summed E-state index contributed by atoms with van der Waals surface area (Å²) in [7, 11) is 0. The maximum atomic E-state index is 8.80. The molecule has 19 heavy (non-hydrogen) atoms. The zero-order chi connectivity index (χ0) is 13.2. The molecule has 5 heteroatoms. The maximum absolute atomic E-state index is 8.80. The van der Waals surface area contributed by atoms with Crippen molar-refractivity contribution in [1.29, 1.82) is 5.26 Å². The Bertz CT molecular complexity index is 736. The van der Waals surface area contributed by atoms with Crippen LogP contribution in [0.4, 0.5) is 0 Å². The Morgan fingerprint density at radius 2 is 2.32 bits per heavy atom. The molecule has 3 heterocycles. The molecule has 3 aromatic heterocycles. The summed E-state index contributed by atoms with van der Waals surface area (Å²) in [5.74, 6) is 0.964. The molecule has 0 N–H and O–H groups in total. The van der Waals surface area contributed by atoms with Crippen molar-refractivity contribution < 1.29 is 0 Å². The van der Waals surface area contributed by atoms with Gasteiger partial charge < -0.3 is 0 Å². The Hall–Kier alpha value is -2.19. The van der Waals surface area contributed by atoms with Crippen LogP contribution in [0, 0.1) is 11.3 Å². The Morgan fingerprint density at radius 1 is 1.42 bits per heavy atom. The van der Waals surface area contributed by atoms with E-state index in [4.69, 9.17) is 5.26 Å². The average molecular weight is 268 g/mol. The molecular weight excluding hydrogens is 256 g/mol. The first-order valence-corrected chi connectivity index (χ1v) is 6.97. The molecule has 0 bridgehead atoms. The van der Waals surface area contributed by atoms with Crippen molar-refractivity contribution in [2.45, 2.75) is 19.3 Å². The number of nitrogens with zero attached hydrogens (tertiary/aromatic N) is 4. The van der Waals surface area contributed by atoms with E-state index in [2.05, 4.69) is 46.1 Å². The number of pyridine rings is 1. The topological polar surface area (TPSA) is 54.0 Å². The third-order valence-electron chi connectivity index (χ3n) is 3.28. The largest absolute Gasteiger partial charge is 0.285 e. The van der Waals surface area contributed by atoms with Gasteiger partial charge >= 0.3 is 0 Å². The lowest BCUT2D eigenvalue weighted by Crippen LogP contribution is -2.00. The Morgan fingerprint density at radius 3 is 3.05 bits per heavy atom. The van der Waals surface area contributed by atoms with Crippen LogP contribution in [0.1, 0.15) is 29.8 Å². The highest BCUT2D eigenvalue weighted by Crippen LogP contribution is 2.28. The molecular formula is C14H12N4S. The van der Waals surface area contributed by atoms with Crippen LogP contribution < -0.4 is 0 Å². The second kappa shape index (κ2) is 4.82. The smallest absolute Gasteiger partial charge is 0.164 e. The standard InChI is InChI=1S/C14H12N4S/c1-10(11-5-8-19-9-11)12-3-2-7-18-13(4-6-15)16-17-14(12)18/h2-3,5,7-10H,4H2,1H3. The van der Waals surface area contributed by atoms with Gasteiger partial charge in [-0.3, -0.25) is 4.40 Å². The maximum Gasteiger partial charge on any atom is 0.164 e. The van der Waals surface area contributed by atoms with Crippen molar-refractivity contribution in [3.05, 3.63) is 52.1 Å². The van der Waals surface area contributed by atoms with Crippen LogP contribution in [0.15, 0.2) is 35.2 Å². The minimum Gasteiger partial charge on any atom is -0.285 e. The van der Waals surface area contributed by atoms with Gasteiger partial charge in [-0.05, 0) is 28.5 Å². The minimum absolute atomic E-state index is 0.272. The molecule has 0 spiro atoms. The Balaban J connectivity index is 2.12. The first-order valence-electron chi connectivity index (χ1n) is 6.03. The Labute approximate surface area is 115 Å². The van der Waals surface area contributed by atoms with E-state index in [0.29, 0.717) is 5.82 Å². The van der Waals surface area contributed by atoms with Crippen molar-refractivity contribution in [3.63, 3.8) is 0 Å². The summed E-state index contributed by atoms with van der Waals surface area (Å²) in [6, 6.07) is 8.30. The van der Waals surface area contributed by atoms with E-state index in [1.165, 1.54) is 5.56 Å². The second-order valence-corrected chi connectivity index (χ2v) is 5.17. The van der Waals surface area contributed by atoms with Gasteiger partial charge in [0.2, 0.25) is 0 Å². The van der Waals surface area contributed by atoms with Crippen LogP contribution in [0.2, 0.25) is 0 Å². The van der Waals surface area contributed by atoms with Gasteiger partial charge in [0, 0.05) is 17.7 Å². The molecule has 0 aliphatic rings. The molecule has 0 aliphatic carbocycles. The van der Waals surface area contributed by atoms with Crippen LogP contribution in [0.3, 0.4) is 0 Å². The lowest BCUT2D eigenvalue weighted by atomic mass is 9.96. The third-order valence-corrected chi connectivity index (χ3v) is 3.98. The number of hydrogen-bond donors (Lipinski definition) is 0. The van der Waals surface area contributed by atoms with E-state index in [1.807, 2.05) is 16.7 Å². The molecule has 3 rings (SSSR count). The van der Waals surface area contributed by atoms with Crippen LogP contribution in [-0.4, -0.2) is 14.6 Å². The van der Waals surface area contributed by atoms with Crippen molar-refractivity contribution >= 4 is 17.0 Å². The van der Waals surface area contributed by atoms with Crippen molar-refractivity contribution in [2.75, 3.05) is 0 Å². The molecule has 3 aromatic rings. The minimum atomic E-state index is 0.272. The van der Waals surface area contributed by atoms with Crippen molar-refractivity contribution in [2.24, 2.45) is 0 Å². The number of aromatic nitrogens is 3. The van der Waals surface area contributed by atoms with Gasteiger partial charge in [-0.2, -0.15) is 16.6 Å². The van der Waals surface area contributed by atoms with E-state index in [0.717, 1.165) is 11.2 Å². The van der Waals surface area contributed by atoms with Gasteiger partial charge in [-0.25, -0.2) is 0 Å². The van der Waals surface area contributed by atoms with E-state index >= 15 is 0 Å². The lowest BCUT2D eigenvalue weighted by Gasteiger charge is -2.11. The fourth-order valence-electron chi connectivity index (χ4n) is 2.21. The second-order valence-electron chi connectivity index (χ2n) is 4.39. The summed E-state index contributed by atoms with van der Waals surface area (Å²) >= 11 is 1.70. The van der Waals surface area contributed by atoms with Gasteiger partial charge in [-0.1, -0.05) is 13.0 Å². The molecule has 0 aliphatic heterocycles. The highest BCUT2D eigenvalue weighted by molar-refractivity contribution is 7.08. The summed E-state index contributed by atoms with van der Waals surface area (Å²) in [6.45, 7) is 2.16. The Kier molecular flexibility index (Phi) is 3.02. The van der Waals surface area contributed by atoms with Crippen LogP contribution >= 0.6 is 11.3 Å². The van der Waals surface area contributed by atoms with E-state index in [9.17, 15) is 0 Å². The normalized spacial score (nSPS) is 12.4. The van der Waals surface area contributed by atoms with E-state index < -0.39 is 0 Å². The van der Waals surface area contributed by atoms with Crippen molar-refractivity contribution in [3.8, 4) is 6.07 Å². The molecule has 0 amide bonds. The summed E-state index contributed by atoms with van der Waals surface area (Å²) in [5, 5.41) is 21.4. The van der Waals surface area contributed by atoms with Crippen LogP contribution in [0.25, 0.3) is 5.65 Å². The molecule has 4 nitrogen and oxygen atoms in total. The zero-order valence-corrected chi connectivity index (χ0v) is 11.3. The lowest BCUT2D eigenvalue weighted by molar-refractivity contribution is 0.915. The van der Waals surface area contributed by atoms with Gasteiger partial charge in [-0.15, -0.1) is 10.2 Å². The number of thiophene rings is 1. The molecule has 0 fully saturated rings. The quantitative estimate of drug-likeness (QED) is 0.733. The number of nitriles is 1. The highest BCUT2D eigenvalue weighted by atomic mass is 32.1. The average Bonchev–Trinajstić information content (AvgIpc) is 3.08. The van der Waals surface area contributed by atoms with Crippen LogP contribution in [-0.2, 0) is 6.42 Å². The predicted octanol–water partition coefficient (Wildman–Crippen LogP) is 3.01. The summed E-state index contributed by atoms with van der Waals surface area (Å²) in [6.07, 6.45) is 2.18. The van der Waals surface area contributed by atoms with Crippen molar-refractivity contribution in [1.82, 2.24) is 14.6 Å². The van der Waals surface area contributed by atoms with Gasteiger partial charge in [0.1, 0.15) is 0 Å². The molecule has 94 valence electrons. The predicted molar refractivity (Wildman–Crippen MR) is 74.1 cm³/mol. The number of rotatable bonds is 3. The molecule has 0 saturated carbocycles. The highest BCUT2D eigenvalue weighted by Gasteiger charge is 2.15. The summed E-state index contributed by atoms with van der Waals surface area (Å²) in [4.78, 5) is 0. The molecule has 1 unspecified atom stereocenters. The number of hydrogen-bond acceptors (Lipinski definition) is 4. The molecule has 0 saturated heterocycles. The molecule has 0 aromatic carbocycles. The fraction of sp³-hybridized carbons (Fsp3) is 0.214.